The van der Waals surface area contributed by atoms with E-state index in [1.54, 1.807) is 11.8 Å². The first kappa shape index (κ1) is 4.44. The maximum atomic E-state index is 4.09. The molecule has 0 atom stereocenters. The summed E-state index contributed by atoms with van der Waals surface area (Å²) in [5, 5.41) is 1.12. The van der Waals surface area contributed by atoms with Crippen molar-refractivity contribution in [2.75, 3.05) is 0 Å². The van der Waals surface area contributed by atoms with Gasteiger partial charge in [-0.25, -0.2) is 4.98 Å². The van der Waals surface area contributed by atoms with Crippen LogP contribution in [0.15, 0.2) is 17.6 Å². The quantitative estimate of drug-likeness (QED) is 0.517. The van der Waals surface area contributed by atoms with E-state index in [0.717, 1.165) is 11.7 Å². The zero-order valence-corrected chi connectivity index (χ0v) is 5.06. The Morgan fingerprint density at radius 3 is 3.62 bits per heavy atom. The van der Waals surface area contributed by atoms with Crippen LogP contribution in [0.1, 0.15) is 0 Å². The van der Waals surface area contributed by atoms with Crippen LogP contribution in [0.5, 0.6) is 0 Å². The van der Waals surface area contributed by atoms with Gasteiger partial charge < -0.3 is 4.57 Å². The molecule has 0 amide bonds. The molecule has 2 rings (SSSR count). The molecule has 41 valence electrons. The SMILES string of the molecule is [CH]1Cn2ccnc2S1. The molecule has 0 saturated heterocycles. The highest BCUT2D eigenvalue weighted by molar-refractivity contribution is 8.01. The number of fused-ring (bicyclic) bond motifs is 1. The first-order valence-electron chi connectivity index (χ1n) is 2.46. The van der Waals surface area contributed by atoms with Crippen LogP contribution in [0, 0.1) is 5.75 Å². The molecule has 0 aliphatic carbocycles. The van der Waals surface area contributed by atoms with Gasteiger partial charge in [-0.3, -0.25) is 0 Å². The molecule has 8 heavy (non-hydrogen) atoms. The Bertz CT molecular complexity index is 176. The lowest BCUT2D eigenvalue weighted by Gasteiger charge is -1.86. The molecule has 0 bridgehead atoms. The molecule has 0 spiro atoms. The number of imidazole rings is 1. The van der Waals surface area contributed by atoms with Crippen LogP contribution in [-0.4, -0.2) is 9.55 Å². The molecule has 2 heterocycles. The molecule has 0 saturated carbocycles. The maximum absolute atomic E-state index is 4.09. The highest BCUT2D eigenvalue weighted by Gasteiger charge is 2.09. The molecule has 1 aromatic rings. The highest BCUT2D eigenvalue weighted by Crippen LogP contribution is 2.25. The van der Waals surface area contributed by atoms with E-state index in [-0.39, 0.29) is 0 Å². The fourth-order valence-corrected chi connectivity index (χ4v) is 1.52. The lowest BCUT2D eigenvalue weighted by Crippen LogP contribution is -1.86. The van der Waals surface area contributed by atoms with E-state index in [1.165, 1.54) is 0 Å². The predicted octanol–water partition coefficient (Wildman–Crippen LogP) is 1.15. The zero-order chi connectivity index (χ0) is 5.40. The Kier molecular flexibility index (Phi) is 0.842. The minimum Gasteiger partial charge on any atom is -0.325 e. The number of hydrogen-bond donors (Lipinski definition) is 0. The van der Waals surface area contributed by atoms with E-state index in [9.17, 15) is 0 Å². The van der Waals surface area contributed by atoms with Crippen molar-refractivity contribution in [2.24, 2.45) is 0 Å². The second-order valence-corrected chi connectivity index (χ2v) is 2.58. The topological polar surface area (TPSA) is 17.8 Å². The van der Waals surface area contributed by atoms with Crippen molar-refractivity contribution in [3.05, 3.63) is 18.1 Å². The Morgan fingerprint density at radius 2 is 2.75 bits per heavy atom. The Labute approximate surface area is 51.9 Å². The van der Waals surface area contributed by atoms with Crippen LogP contribution in [0.2, 0.25) is 0 Å². The van der Waals surface area contributed by atoms with Crippen LogP contribution < -0.4 is 0 Å². The summed E-state index contributed by atoms with van der Waals surface area (Å²) in [5.41, 5.74) is 0. The normalized spacial score (nSPS) is 16.5. The van der Waals surface area contributed by atoms with Crippen molar-refractivity contribution >= 4 is 11.8 Å². The van der Waals surface area contributed by atoms with Gasteiger partial charge in [0.05, 0.1) is 0 Å². The molecule has 2 nitrogen and oxygen atoms in total. The minimum atomic E-state index is 1.01. The van der Waals surface area contributed by atoms with E-state index < -0.39 is 0 Å². The molecule has 1 aliphatic heterocycles. The van der Waals surface area contributed by atoms with Gasteiger partial charge in [0.15, 0.2) is 5.16 Å². The number of aromatic nitrogens is 2. The molecule has 0 fully saturated rings. The van der Waals surface area contributed by atoms with Gasteiger partial charge >= 0.3 is 0 Å². The van der Waals surface area contributed by atoms with Crippen molar-refractivity contribution in [3.8, 4) is 0 Å². The highest BCUT2D eigenvalue weighted by atomic mass is 32.2. The van der Waals surface area contributed by atoms with Gasteiger partial charge in [0, 0.05) is 24.7 Å². The molecular formula is C5H5N2S. The molecule has 0 unspecified atom stereocenters. The summed E-state index contributed by atoms with van der Waals surface area (Å²) in [6.45, 7) is 1.01. The van der Waals surface area contributed by atoms with Crippen LogP contribution in [0.3, 0.4) is 0 Å². The van der Waals surface area contributed by atoms with Crippen LogP contribution >= 0.6 is 11.8 Å². The summed E-state index contributed by atoms with van der Waals surface area (Å²) >= 11 is 1.70. The van der Waals surface area contributed by atoms with Gasteiger partial charge in [0.1, 0.15) is 0 Å². The molecule has 0 N–H and O–H groups in total. The summed E-state index contributed by atoms with van der Waals surface area (Å²) in [6.07, 6.45) is 3.82. The maximum Gasteiger partial charge on any atom is 0.168 e. The van der Waals surface area contributed by atoms with Crippen LogP contribution in [0.25, 0.3) is 0 Å². The fraction of sp³-hybridized carbons (Fsp3) is 0.200. The summed E-state index contributed by atoms with van der Waals surface area (Å²) in [7, 11) is 0. The van der Waals surface area contributed by atoms with E-state index >= 15 is 0 Å². The number of nitrogens with zero attached hydrogens (tertiary/aromatic N) is 2. The second kappa shape index (κ2) is 1.52. The average molecular weight is 125 g/mol. The van der Waals surface area contributed by atoms with Gasteiger partial charge in [-0.2, -0.15) is 0 Å². The number of thioether (sulfide) groups is 1. The second-order valence-electron chi connectivity index (χ2n) is 1.65. The monoisotopic (exact) mass is 125 g/mol. The van der Waals surface area contributed by atoms with Crippen molar-refractivity contribution in [3.63, 3.8) is 0 Å². The van der Waals surface area contributed by atoms with E-state index in [1.807, 2.05) is 12.4 Å². The van der Waals surface area contributed by atoms with E-state index in [2.05, 4.69) is 15.3 Å². The van der Waals surface area contributed by atoms with Crippen molar-refractivity contribution in [1.82, 2.24) is 9.55 Å². The summed E-state index contributed by atoms with van der Waals surface area (Å²) in [5.74, 6) is 2.14. The third-order valence-electron chi connectivity index (χ3n) is 1.14. The van der Waals surface area contributed by atoms with E-state index in [4.69, 9.17) is 0 Å². The molecular weight excluding hydrogens is 120 g/mol. The summed E-state index contributed by atoms with van der Waals surface area (Å²) in [4.78, 5) is 4.09. The summed E-state index contributed by atoms with van der Waals surface area (Å²) in [6, 6.07) is 0. The van der Waals surface area contributed by atoms with Crippen molar-refractivity contribution in [2.45, 2.75) is 11.7 Å². The smallest absolute Gasteiger partial charge is 0.168 e. The lowest BCUT2D eigenvalue weighted by molar-refractivity contribution is 0.742. The first-order valence-corrected chi connectivity index (χ1v) is 3.34. The van der Waals surface area contributed by atoms with Crippen LogP contribution in [0.4, 0.5) is 0 Å². The fourth-order valence-electron chi connectivity index (χ4n) is 0.745. The molecule has 3 heteroatoms. The molecule has 1 aliphatic rings. The van der Waals surface area contributed by atoms with Gasteiger partial charge in [0.25, 0.3) is 0 Å². The Hall–Kier alpha value is -0.440. The van der Waals surface area contributed by atoms with Crippen molar-refractivity contribution < 1.29 is 0 Å². The lowest BCUT2D eigenvalue weighted by atomic mass is 10.7. The standard InChI is InChI=1S/C5H5N2S/c1-2-7-3-4-8-5(7)6-1/h1-2,4H,3H2. The number of hydrogen-bond acceptors (Lipinski definition) is 2. The van der Waals surface area contributed by atoms with Crippen molar-refractivity contribution in [1.29, 1.82) is 0 Å². The third kappa shape index (κ3) is 0.478. The van der Waals surface area contributed by atoms with Gasteiger partial charge in [-0.15, -0.1) is 0 Å². The predicted molar refractivity (Wildman–Crippen MR) is 32.4 cm³/mol. The van der Waals surface area contributed by atoms with Gasteiger partial charge in [-0.05, 0) is 0 Å². The summed E-state index contributed by atoms with van der Waals surface area (Å²) < 4.78 is 2.12. The van der Waals surface area contributed by atoms with Gasteiger partial charge in [-0.1, -0.05) is 11.8 Å². The molecule has 1 radical (unpaired) electrons. The largest absolute Gasteiger partial charge is 0.325 e. The average Bonchev–Trinajstić information content (AvgIpc) is 2.15. The minimum absolute atomic E-state index is 1.01. The van der Waals surface area contributed by atoms with E-state index in [0.29, 0.717) is 0 Å². The zero-order valence-electron chi connectivity index (χ0n) is 4.24. The third-order valence-corrected chi connectivity index (χ3v) is 2.00. The molecule has 1 aromatic heterocycles. The number of rotatable bonds is 0. The molecule has 0 aromatic carbocycles. The van der Waals surface area contributed by atoms with Crippen LogP contribution in [-0.2, 0) is 6.54 Å². The first-order chi connectivity index (χ1) is 3.97. The van der Waals surface area contributed by atoms with Gasteiger partial charge in [0.2, 0.25) is 0 Å². The Balaban J connectivity index is 2.54. The Morgan fingerprint density at radius 1 is 1.75 bits per heavy atom.